The Morgan fingerprint density at radius 3 is 2.33 bits per heavy atom. The summed E-state index contributed by atoms with van der Waals surface area (Å²) in [5, 5.41) is 2.34. The van der Waals surface area contributed by atoms with Crippen molar-refractivity contribution in [2.75, 3.05) is 43.5 Å². The van der Waals surface area contributed by atoms with Crippen LogP contribution in [0.2, 0.25) is 5.02 Å². The van der Waals surface area contributed by atoms with Gasteiger partial charge < -0.3 is 19.9 Å². The summed E-state index contributed by atoms with van der Waals surface area (Å²) in [6.45, 7) is 2.10. The molecule has 27 heavy (non-hydrogen) atoms. The van der Waals surface area contributed by atoms with Crippen molar-refractivity contribution < 1.29 is 18.7 Å². The molecule has 1 N–H and O–H groups in total. The maximum atomic E-state index is 13.2. The van der Waals surface area contributed by atoms with Gasteiger partial charge in [0.25, 0.3) is 0 Å². The molecule has 1 heterocycles. The molecule has 0 radical (unpaired) electrons. The molecule has 1 aliphatic rings. The third kappa shape index (κ3) is 4.49. The second kappa shape index (κ2) is 8.26. The molecule has 0 aromatic heterocycles. The lowest BCUT2D eigenvalue weighted by atomic mass is 10.2. The minimum absolute atomic E-state index is 0.117. The van der Waals surface area contributed by atoms with E-state index in [0.717, 1.165) is 17.5 Å². The van der Waals surface area contributed by atoms with Crippen molar-refractivity contribution in [1.29, 1.82) is 0 Å². The van der Waals surface area contributed by atoms with Crippen LogP contribution in [0.1, 0.15) is 0 Å². The van der Waals surface area contributed by atoms with Crippen molar-refractivity contribution in [2.24, 2.45) is 0 Å². The molecule has 0 saturated carbocycles. The van der Waals surface area contributed by atoms with Crippen LogP contribution in [-0.2, 0) is 9.59 Å². The highest BCUT2D eigenvalue weighted by molar-refractivity contribution is 6.39. The highest BCUT2D eigenvalue weighted by Crippen LogP contribution is 2.21. The molecule has 0 aliphatic carbocycles. The van der Waals surface area contributed by atoms with Crippen LogP contribution in [0.15, 0.2) is 42.5 Å². The average molecular weight is 392 g/mol. The molecule has 1 fully saturated rings. The van der Waals surface area contributed by atoms with Crippen molar-refractivity contribution in [1.82, 2.24) is 4.90 Å². The minimum atomic E-state index is -0.768. The molecular weight excluding hydrogens is 373 g/mol. The Kier molecular flexibility index (Phi) is 5.81. The second-order valence-corrected chi connectivity index (χ2v) is 6.47. The number of hydrogen-bond donors (Lipinski definition) is 1. The smallest absolute Gasteiger partial charge is 0.313 e. The first-order chi connectivity index (χ1) is 13.0. The van der Waals surface area contributed by atoms with Crippen LogP contribution in [0, 0.1) is 5.82 Å². The summed E-state index contributed by atoms with van der Waals surface area (Å²) in [5.74, 6) is -1.19. The number of ether oxygens (including phenoxy) is 1. The van der Waals surface area contributed by atoms with Gasteiger partial charge in [0.1, 0.15) is 11.6 Å². The molecule has 3 rings (SSSR count). The summed E-state index contributed by atoms with van der Waals surface area (Å²) in [6, 6.07) is 11.4. The number of nitrogens with one attached hydrogen (secondary N) is 1. The van der Waals surface area contributed by atoms with Crippen LogP contribution >= 0.6 is 11.6 Å². The van der Waals surface area contributed by atoms with Gasteiger partial charge in [0.05, 0.1) is 12.1 Å². The normalized spacial score (nSPS) is 14.0. The summed E-state index contributed by atoms with van der Waals surface area (Å²) >= 11 is 5.68. The number of carbonyl (C=O) groups is 2. The number of hydrogen-bond acceptors (Lipinski definition) is 4. The van der Waals surface area contributed by atoms with E-state index in [9.17, 15) is 14.0 Å². The Labute approximate surface area is 161 Å². The molecule has 0 bridgehead atoms. The highest BCUT2D eigenvalue weighted by atomic mass is 35.5. The molecule has 1 saturated heterocycles. The quantitative estimate of drug-likeness (QED) is 0.817. The fraction of sp³-hybridized carbons (Fsp3) is 0.263. The Morgan fingerprint density at radius 2 is 1.74 bits per heavy atom. The number of carbonyl (C=O) groups excluding carboxylic acids is 2. The van der Waals surface area contributed by atoms with Gasteiger partial charge >= 0.3 is 11.8 Å². The van der Waals surface area contributed by atoms with Crippen molar-refractivity contribution >= 4 is 34.8 Å². The first kappa shape index (κ1) is 19.0. The van der Waals surface area contributed by atoms with Crippen LogP contribution in [0.5, 0.6) is 5.75 Å². The summed E-state index contributed by atoms with van der Waals surface area (Å²) < 4.78 is 18.3. The van der Waals surface area contributed by atoms with Gasteiger partial charge in [0.15, 0.2) is 0 Å². The lowest BCUT2D eigenvalue weighted by molar-refractivity contribution is -0.143. The fourth-order valence-electron chi connectivity index (χ4n) is 2.86. The summed E-state index contributed by atoms with van der Waals surface area (Å²) in [6.07, 6.45) is 0. The number of methoxy groups -OCH3 is 1. The monoisotopic (exact) mass is 391 g/mol. The van der Waals surface area contributed by atoms with E-state index in [4.69, 9.17) is 16.3 Å². The zero-order valence-corrected chi connectivity index (χ0v) is 15.5. The van der Waals surface area contributed by atoms with Crippen LogP contribution in [0.4, 0.5) is 15.8 Å². The van der Waals surface area contributed by atoms with E-state index in [0.29, 0.717) is 26.2 Å². The number of piperazine rings is 1. The van der Waals surface area contributed by atoms with Gasteiger partial charge in [-0.1, -0.05) is 11.6 Å². The van der Waals surface area contributed by atoms with E-state index in [-0.39, 0.29) is 10.7 Å². The molecule has 0 spiro atoms. The largest absolute Gasteiger partial charge is 0.497 e. The summed E-state index contributed by atoms with van der Waals surface area (Å²) in [7, 11) is 1.62. The lowest BCUT2D eigenvalue weighted by Gasteiger charge is -2.35. The van der Waals surface area contributed by atoms with E-state index in [1.165, 1.54) is 17.0 Å². The molecule has 2 aromatic carbocycles. The summed E-state index contributed by atoms with van der Waals surface area (Å²) in [5.41, 5.74) is 1.31. The number of anilines is 2. The van der Waals surface area contributed by atoms with Crippen LogP contribution in [0.25, 0.3) is 0 Å². The molecule has 2 aromatic rings. The predicted octanol–water partition coefficient (Wildman–Crippen LogP) is 2.78. The van der Waals surface area contributed by atoms with Crippen molar-refractivity contribution in [3.05, 3.63) is 53.3 Å². The molecule has 0 unspecified atom stereocenters. The van der Waals surface area contributed by atoms with E-state index in [1.54, 1.807) is 7.11 Å². The van der Waals surface area contributed by atoms with Crippen LogP contribution in [-0.4, -0.2) is 50.0 Å². The molecular formula is C19H19ClFN3O3. The van der Waals surface area contributed by atoms with Gasteiger partial charge in [0.2, 0.25) is 0 Å². The first-order valence-electron chi connectivity index (χ1n) is 8.42. The first-order valence-corrected chi connectivity index (χ1v) is 8.80. The zero-order valence-electron chi connectivity index (χ0n) is 14.7. The van der Waals surface area contributed by atoms with Gasteiger partial charge in [-0.2, -0.15) is 0 Å². The van der Waals surface area contributed by atoms with E-state index in [1.807, 2.05) is 24.3 Å². The Balaban J connectivity index is 1.55. The number of amides is 2. The van der Waals surface area contributed by atoms with E-state index >= 15 is 0 Å². The van der Waals surface area contributed by atoms with Gasteiger partial charge in [-0.25, -0.2) is 4.39 Å². The zero-order chi connectivity index (χ0) is 19.4. The van der Waals surface area contributed by atoms with Gasteiger partial charge in [-0.05, 0) is 42.5 Å². The Bertz CT molecular complexity index is 837. The lowest BCUT2D eigenvalue weighted by Crippen LogP contribution is -2.51. The molecule has 6 nitrogen and oxygen atoms in total. The highest BCUT2D eigenvalue weighted by Gasteiger charge is 2.26. The third-order valence-corrected chi connectivity index (χ3v) is 4.67. The van der Waals surface area contributed by atoms with E-state index in [2.05, 4.69) is 10.2 Å². The molecule has 1 aliphatic heterocycles. The van der Waals surface area contributed by atoms with Crippen molar-refractivity contribution in [2.45, 2.75) is 0 Å². The SMILES string of the molecule is COc1ccc(N2CCN(C(=O)C(=O)Nc3ccc(F)c(Cl)c3)CC2)cc1. The number of halogens is 2. The standard InChI is InChI=1S/C19H19ClFN3O3/c1-27-15-5-3-14(4-6-15)23-8-10-24(11-9-23)19(26)18(25)22-13-2-7-17(21)16(20)12-13/h2-7,12H,8-11H2,1H3,(H,22,25). The van der Waals surface area contributed by atoms with Crippen LogP contribution in [0.3, 0.4) is 0 Å². The minimum Gasteiger partial charge on any atom is -0.497 e. The number of rotatable bonds is 3. The third-order valence-electron chi connectivity index (χ3n) is 4.38. The Morgan fingerprint density at radius 1 is 1.07 bits per heavy atom. The second-order valence-electron chi connectivity index (χ2n) is 6.06. The van der Waals surface area contributed by atoms with Crippen molar-refractivity contribution in [3.8, 4) is 5.75 Å². The number of benzene rings is 2. The van der Waals surface area contributed by atoms with E-state index < -0.39 is 17.6 Å². The predicted molar refractivity (Wildman–Crippen MR) is 102 cm³/mol. The summed E-state index contributed by atoms with van der Waals surface area (Å²) in [4.78, 5) is 28.2. The van der Waals surface area contributed by atoms with Crippen molar-refractivity contribution in [3.63, 3.8) is 0 Å². The topological polar surface area (TPSA) is 61.9 Å². The molecule has 142 valence electrons. The van der Waals surface area contributed by atoms with Crippen LogP contribution < -0.4 is 15.0 Å². The number of nitrogens with zero attached hydrogens (tertiary/aromatic N) is 2. The molecule has 0 atom stereocenters. The molecule has 2 amide bonds. The average Bonchev–Trinajstić information content (AvgIpc) is 2.70. The maximum Gasteiger partial charge on any atom is 0.313 e. The van der Waals surface area contributed by atoms with Gasteiger partial charge in [0, 0.05) is 37.6 Å². The van der Waals surface area contributed by atoms with Gasteiger partial charge in [-0.15, -0.1) is 0 Å². The Hall–Kier alpha value is -2.80. The fourth-order valence-corrected chi connectivity index (χ4v) is 3.04. The van der Waals surface area contributed by atoms with Gasteiger partial charge in [-0.3, -0.25) is 9.59 Å². The maximum absolute atomic E-state index is 13.2. The molecule has 8 heteroatoms.